The van der Waals surface area contributed by atoms with Gasteiger partial charge in [-0.2, -0.15) is 0 Å². The van der Waals surface area contributed by atoms with Crippen molar-refractivity contribution < 1.29 is 8.83 Å². The van der Waals surface area contributed by atoms with E-state index in [2.05, 4.69) is 163 Å². The molecule has 10 aromatic rings. The molecule has 10 rings (SSSR count). The second kappa shape index (κ2) is 12.9. The van der Waals surface area contributed by atoms with Crippen LogP contribution in [-0.2, 0) is 0 Å². The molecular weight excluding hydrogens is 649 g/mol. The van der Waals surface area contributed by atoms with Gasteiger partial charge in [-0.15, -0.1) is 0 Å². The van der Waals surface area contributed by atoms with Gasteiger partial charge in [0.15, 0.2) is 5.58 Å². The number of oxazole rings is 1. The molecule has 0 spiro atoms. The zero-order chi connectivity index (χ0) is 35.1. The monoisotopic (exact) mass is 680 g/mol. The number of hydrogen-bond acceptors (Lipinski definition) is 4. The minimum absolute atomic E-state index is 0.606. The molecule has 0 unspecified atom stereocenters. The number of aromatic nitrogens is 1. The Bertz CT molecular complexity index is 2850. The van der Waals surface area contributed by atoms with Crippen LogP contribution in [0.1, 0.15) is 0 Å². The molecule has 8 aromatic carbocycles. The van der Waals surface area contributed by atoms with Gasteiger partial charge in [0.25, 0.3) is 0 Å². The van der Waals surface area contributed by atoms with Crippen LogP contribution in [0.4, 0.5) is 17.1 Å². The second-order valence-electron chi connectivity index (χ2n) is 13.2. The Labute approximate surface area is 306 Å². The van der Waals surface area contributed by atoms with Crippen molar-refractivity contribution in [1.82, 2.24) is 4.98 Å². The molecule has 0 radical (unpaired) electrons. The van der Waals surface area contributed by atoms with Crippen LogP contribution in [0, 0.1) is 0 Å². The van der Waals surface area contributed by atoms with Gasteiger partial charge in [-0.1, -0.05) is 127 Å². The normalized spacial score (nSPS) is 11.4. The maximum absolute atomic E-state index is 6.33. The lowest BCUT2D eigenvalue weighted by molar-refractivity contribution is 0.620. The summed E-state index contributed by atoms with van der Waals surface area (Å²) in [6, 6.07) is 67.4. The lowest BCUT2D eigenvalue weighted by Crippen LogP contribution is -2.09. The number of hydrogen-bond donors (Lipinski definition) is 0. The molecule has 2 aromatic heterocycles. The van der Waals surface area contributed by atoms with Gasteiger partial charge in [0, 0.05) is 45.0 Å². The molecular formula is C49H32N2O2. The molecule has 250 valence electrons. The largest absolute Gasteiger partial charge is 0.456 e. The third-order valence-electron chi connectivity index (χ3n) is 9.95. The first-order valence-electron chi connectivity index (χ1n) is 17.8. The van der Waals surface area contributed by atoms with Crippen molar-refractivity contribution in [2.75, 3.05) is 4.90 Å². The van der Waals surface area contributed by atoms with E-state index in [-0.39, 0.29) is 0 Å². The van der Waals surface area contributed by atoms with Crippen LogP contribution < -0.4 is 4.90 Å². The third kappa shape index (κ3) is 5.63. The highest BCUT2D eigenvalue weighted by atomic mass is 16.3. The predicted octanol–water partition coefficient (Wildman–Crippen LogP) is 13.9. The topological polar surface area (TPSA) is 42.4 Å². The highest BCUT2D eigenvalue weighted by Gasteiger charge is 2.18. The lowest BCUT2D eigenvalue weighted by Gasteiger charge is -2.26. The van der Waals surface area contributed by atoms with E-state index < -0.39 is 0 Å². The lowest BCUT2D eigenvalue weighted by atomic mass is 10.0. The Hall–Kier alpha value is -7.17. The number of nitrogens with zero attached hydrogens (tertiary/aromatic N) is 2. The molecule has 0 saturated carbocycles. The highest BCUT2D eigenvalue weighted by molar-refractivity contribution is 6.06. The van der Waals surface area contributed by atoms with Crippen molar-refractivity contribution in [3.63, 3.8) is 0 Å². The van der Waals surface area contributed by atoms with E-state index >= 15 is 0 Å². The van der Waals surface area contributed by atoms with Gasteiger partial charge in [-0.25, -0.2) is 4.98 Å². The van der Waals surface area contributed by atoms with Gasteiger partial charge in [0.2, 0.25) is 5.89 Å². The molecule has 0 atom stereocenters. The summed E-state index contributed by atoms with van der Waals surface area (Å²) in [6.07, 6.45) is 0. The van der Waals surface area contributed by atoms with Crippen LogP contribution in [0.25, 0.3) is 77.9 Å². The van der Waals surface area contributed by atoms with Gasteiger partial charge < -0.3 is 13.7 Å². The van der Waals surface area contributed by atoms with Crippen molar-refractivity contribution in [2.45, 2.75) is 0 Å². The molecule has 0 aliphatic heterocycles. The molecule has 53 heavy (non-hydrogen) atoms. The average molecular weight is 681 g/mol. The zero-order valence-corrected chi connectivity index (χ0v) is 28.7. The van der Waals surface area contributed by atoms with Crippen molar-refractivity contribution in [3.05, 3.63) is 194 Å². The van der Waals surface area contributed by atoms with Crippen LogP contribution in [0.2, 0.25) is 0 Å². The summed E-state index contributed by atoms with van der Waals surface area (Å²) in [5.41, 5.74) is 14.2. The number of para-hydroxylation sites is 2. The number of rotatable bonds is 7. The maximum Gasteiger partial charge on any atom is 0.227 e. The fourth-order valence-corrected chi connectivity index (χ4v) is 7.27. The Balaban J connectivity index is 1.02. The number of anilines is 3. The first kappa shape index (κ1) is 30.6. The summed E-state index contributed by atoms with van der Waals surface area (Å²) >= 11 is 0. The van der Waals surface area contributed by atoms with Crippen LogP contribution in [0.5, 0.6) is 0 Å². The van der Waals surface area contributed by atoms with Gasteiger partial charge in [-0.05, 0) is 88.5 Å². The molecule has 0 bridgehead atoms. The smallest absolute Gasteiger partial charge is 0.227 e. The highest BCUT2D eigenvalue weighted by Crippen LogP contribution is 2.40. The summed E-state index contributed by atoms with van der Waals surface area (Å²) in [4.78, 5) is 7.28. The SMILES string of the molecule is c1ccc(-c2ccc(-c3nc4c(-c5ccc(N(c6ccc(-c7ccccc7)cc6)c6ccc7c(c6)oc6ccccc67)cc5)cccc4o3)cc2)cc1. The molecule has 2 heterocycles. The molecule has 0 N–H and O–H groups in total. The van der Waals surface area contributed by atoms with Crippen LogP contribution in [0.15, 0.2) is 203 Å². The molecule has 0 saturated heterocycles. The molecule has 0 fully saturated rings. The molecule has 4 heteroatoms. The fourth-order valence-electron chi connectivity index (χ4n) is 7.27. The van der Waals surface area contributed by atoms with E-state index in [0.717, 1.165) is 72.4 Å². The van der Waals surface area contributed by atoms with Gasteiger partial charge >= 0.3 is 0 Å². The average Bonchev–Trinajstić information content (AvgIpc) is 3.84. The number of benzene rings is 8. The Kier molecular flexibility index (Phi) is 7.43. The van der Waals surface area contributed by atoms with Crippen LogP contribution in [0.3, 0.4) is 0 Å². The quantitative estimate of drug-likeness (QED) is 0.168. The van der Waals surface area contributed by atoms with E-state index in [1.54, 1.807) is 0 Å². The zero-order valence-electron chi connectivity index (χ0n) is 28.7. The Morgan fingerprint density at radius 3 is 1.53 bits per heavy atom. The predicted molar refractivity (Wildman–Crippen MR) is 218 cm³/mol. The van der Waals surface area contributed by atoms with E-state index in [1.807, 2.05) is 36.4 Å². The van der Waals surface area contributed by atoms with Gasteiger partial charge in [-0.3, -0.25) is 0 Å². The van der Waals surface area contributed by atoms with Crippen molar-refractivity contribution in [3.8, 4) is 44.8 Å². The minimum atomic E-state index is 0.606. The first-order chi connectivity index (χ1) is 26.2. The van der Waals surface area contributed by atoms with E-state index in [0.29, 0.717) is 5.89 Å². The van der Waals surface area contributed by atoms with Gasteiger partial charge in [0.05, 0.1) is 0 Å². The Morgan fingerprint density at radius 1 is 0.340 bits per heavy atom. The maximum atomic E-state index is 6.33. The van der Waals surface area contributed by atoms with Gasteiger partial charge in [0.1, 0.15) is 16.7 Å². The van der Waals surface area contributed by atoms with Crippen molar-refractivity contribution >= 4 is 50.1 Å². The third-order valence-corrected chi connectivity index (χ3v) is 9.95. The Morgan fingerprint density at radius 2 is 0.849 bits per heavy atom. The van der Waals surface area contributed by atoms with Crippen molar-refractivity contribution in [2.24, 2.45) is 0 Å². The van der Waals surface area contributed by atoms with Crippen LogP contribution >= 0.6 is 0 Å². The summed E-state index contributed by atoms with van der Waals surface area (Å²) in [5.74, 6) is 0.606. The summed E-state index contributed by atoms with van der Waals surface area (Å²) in [5, 5.41) is 2.22. The molecule has 0 amide bonds. The molecule has 0 aliphatic rings. The fraction of sp³-hybridized carbons (Fsp3) is 0. The van der Waals surface area contributed by atoms with Crippen LogP contribution in [-0.4, -0.2) is 4.98 Å². The standard InChI is InChI=1S/C49H32N2O2/c1-3-10-33(11-4-1)35-18-20-38(21-19-35)49-50-48-42(15-9-17-46(48)53-49)37-24-28-40(29-25-37)51(39-26-22-36(23-27-39)34-12-5-2-6-13-34)41-30-31-44-43-14-7-8-16-45(43)52-47(44)32-41/h1-32H. The summed E-state index contributed by atoms with van der Waals surface area (Å²) < 4.78 is 12.6. The summed E-state index contributed by atoms with van der Waals surface area (Å²) in [6.45, 7) is 0. The molecule has 4 nitrogen and oxygen atoms in total. The first-order valence-corrected chi connectivity index (χ1v) is 17.8. The molecule has 0 aliphatic carbocycles. The number of fused-ring (bicyclic) bond motifs is 4. The summed E-state index contributed by atoms with van der Waals surface area (Å²) in [7, 11) is 0. The van der Waals surface area contributed by atoms with E-state index in [1.165, 1.54) is 16.7 Å². The minimum Gasteiger partial charge on any atom is -0.456 e. The van der Waals surface area contributed by atoms with Crippen molar-refractivity contribution in [1.29, 1.82) is 0 Å². The van der Waals surface area contributed by atoms with E-state index in [4.69, 9.17) is 13.8 Å². The number of furan rings is 1. The van der Waals surface area contributed by atoms with E-state index in [9.17, 15) is 0 Å². The second-order valence-corrected chi connectivity index (χ2v) is 13.2.